The molecule has 0 amide bonds. The van der Waals surface area contributed by atoms with Crippen LogP contribution in [0.25, 0.3) is 0 Å². The van der Waals surface area contributed by atoms with E-state index in [0.717, 1.165) is 37.5 Å². The average Bonchev–Trinajstić information content (AvgIpc) is 2.70. The van der Waals surface area contributed by atoms with Crippen LogP contribution in [0.15, 0.2) is 6.33 Å². The molecular formula is C12H22N4. The second-order valence-corrected chi connectivity index (χ2v) is 5.21. The molecule has 0 aromatic carbocycles. The number of rotatable bonds is 3. The van der Waals surface area contributed by atoms with E-state index in [1.165, 1.54) is 12.8 Å². The first-order valence-electron chi connectivity index (χ1n) is 6.28. The van der Waals surface area contributed by atoms with Gasteiger partial charge in [-0.15, -0.1) is 0 Å². The summed E-state index contributed by atoms with van der Waals surface area (Å²) in [5, 5.41) is 4.20. The highest BCUT2D eigenvalue weighted by molar-refractivity contribution is 4.99. The van der Waals surface area contributed by atoms with Gasteiger partial charge < -0.3 is 5.73 Å². The molecule has 1 aromatic heterocycles. The Balaban J connectivity index is 2.03. The summed E-state index contributed by atoms with van der Waals surface area (Å²) in [7, 11) is 0. The van der Waals surface area contributed by atoms with E-state index in [2.05, 4.69) is 23.9 Å². The van der Waals surface area contributed by atoms with E-state index in [1.54, 1.807) is 6.33 Å². The molecule has 1 heterocycles. The van der Waals surface area contributed by atoms with Crippen LogP contribution >= 0.6 is 0 Å². The standard InChI is InChI=1S/C12H22N4/c1-3-16-11(14-9-15-16)8-12(13)6-4-10(2)5-7-12/h9-10H,3-8,13H2,1-2H3. The summed E-state index contributed by atoms with van der Waals surface area (Å²) in [4.78, 5) is 4.32. The first kappa shape index (κ1) is 11.6. The summed E-state index contributed by atoms with van der Waals surface area (Å²) in [5.41, 5.74) is 6.41. The maximum Gasteiger partial charge on any atom is 0.138 e. The molecule has 0 radical (unpaired) electrons. The summed E-state index contributed by atoms with van der Waals surface area (Å²) >= 11 is 0. The highest BCUT2D eigenvalue weighted by Gasteiger charge is 2.31. The van der Waals surface area contributed by atoms with Gasteiger partial charge in [0.1, 0.15) is 12.2 Å². The van der Waals surface area contributed by atoms with Crippen molar-refractivity contribution in [3.63, 3.8) is 0 Å². The Morgan fingerprint density at radius 2 is 2.19 bits per heavy atom. The summed E-state index contributed by atoms with van der Waals surface area (Å²) in [5.74, 6) is 1.88. The maximum absolute atomic E-state index is 6.45. The lowest BCUT2D eigenvalue weighted by Crippen LogP contribution is -2.45. The summed E-state index contributed by atoms with van der Waals surface area (Å²) in [6, 6.07) is 0. The summed E-state index contributed by atoms with van der Waals surface area (Å²) in [6.45, 7) is 5.28. The van der Waals surface area contributed by atoms with Gasteiger partial charge in [0.25, 0.3) is 0 Å². The van der Waals surface area contributed by atoms with E-state index in [1.807, 2.05) is 4.68 Å². The van der Waals surface area contributed by atoms with Crippen molar-refractivity contribution in [2.24, 2.45) is 11.7 Å². The second kappa shape index (κ2) is 4.53. The molecule has 90 valence electrons. The molecule has 4 heteroatoms. The number of aromatic nitrogens is 3. The van der Waals surface area contributed by atoms with Crippen LogP contribution in [0.4, 0.5) is 0 Å². The molecule has 2 N–H and O–H groups in total. The number of nitrogens with two attached hydrogens (primary N) is 1. The fourth-order valence-corrected chi connectivity index (χ4v) is 2.52. The Bertz CT molecular complexity index is 337. The van der Waals surface area contributed by atoms with Gasteiger partial charge in [0.2, 0.25) is 0 Å². The minimum Gasteiger partial charge on any atom is -0.325 e. The molecule has 0 atom stereocenters. The third kappa shape index (κ3) is 2.43. The number of aryl methyl sites for hydroxylation is 1. The molecule has 0 aliphatic heterocycles. The molecule has 1 aliphatic rings. The van der Waals surface area contributed by atoms with Gasteiger partial charge in [0.05, 0.1) is 0 Å². The molecule has 1 fully saturated rings. The van der Waals surface area contributed by atoms with Gasteiger partial charge in [0.15, 0.2) is 0 Å². The Labute approximate surface area is 97.2 Å². The first-order valence-corrected chi connectivity index (χ1v) is 6.28. The van der Waals surface area contributed by atoms with Gasteiger partial charge >= 0.3 is 0 Å². The van der Waals surface area contributed by atoms with Crippen LogP contribution in [0.1, 0.15) is 45.4 Å². The van der Waals surface area contributed by atoms with Crippen molar-refractivity contribution in [3.8, 4) is 0 Å². The smallest absolute Gasteiger partial charge is 0.138 e. The van der Waals surface area contributed by atoms with Crippen LogP contribution in [0.3, 0.4) is 0 Å². The lowest BCUT2D eigenvalue weighted by Gasteiger charge is -2.35. The molecule has 1 saturated carbocycles. The SMILES string of the molecule is CCn1ncnc1CC1(N)CCC(C)CC1. The molecule has 1 aliphatic carbocycles. The zero-order valence-electron chi connectivity index (χ0n) is 10.3. The molecule has 0 saturated heterocycles. The van der Waals surface area contributed by atoms with Crippen LogP contribution in [0, 0.1) is 5.92 Å². The molecule has 1 aromatic rings. The van der Waals surface area contributed by atoms with Gasteiger partial charge in [-0.05, 0) is 38.5 Å². The average molecular weight is 222 g/mol. The number of hydrogen-bond donors (Lipinski definition) is 1. The van der Waals surface area contributed by atoms with Gasteiger partial charge in [-0.2, -0.15) is 5.10 Å². The predicted octanol–water partition coefficient (Wildman–Crippen LogP) is 1.75. The van der Waals surface area contributed by atoms with Gasteiger partial charge in [-0.1, -0.05) is 6.92 Å². The Kier molecular flexibility index (Phi) is 3.28. The lowest BCUT2D eigenvalue weighted by molar-refractivity contribution is 0.238. The minimum absolute atomic E-state index is 0.0491. The van der Waals surface area contributed by atoms with E-state index >= 15 is 0 Å². The zero-order chi connectivity index (χ0) is 11.6. The van der Waals surface area contributed by atoms with Crippen molar-refractivity contribution in [3.05, 3.63) is 12.2 Å². The van der Waals surface area contributed by atoms with Crippen molar-refractivity contribution in [2.75, 3.05) is 0 Å². The fourth-order valence-electron chi connectivity index (χ4n) is 2.52. The Morgan fingerprint density at radius 1 is 1.50 bits per heavy atom. The highest BCUT2D eigenvalue weighted by Crippen LogP contribution is 2.31. The van der Waals surface area contributed by atoms with Crippen molar-refractivity contribution >= 4 is 0 Å². The Morgan fingerprint density at radius 3 is 2.81 bits per heavy atom. The molecule has 4 nitrogen and oxygen atoms in total. The van der Waals surface area contributed by atoms with Gasteiger partial charge in [-0.3, -0.25) is 4.68 Å². The zero-order valence-corrected chi connectivity index (χ0v) is 10.3. The lowest BCUT2D eigenvalue weighted by atomic mass is 9.76. The molecule has 2 rings (SSSR count). The van der Waals surface area contributed by atoms with Crippen molar-refractivity contribution in [2.45, 2.75) is 58.0 Å². The minimum atomic E-state index is -0.0491. The van der Waals surface area contributed by atoms with Crippen LogP contribution in [-0.2, 0) is 13.0 Å². The topological polar surface area (TPSA) is 56.7 Å². The summed E-state index contributed by atoms with van der Waals surface area (Å²) < 4.78 is 1.95. The number of hydrogen-bond acceptors (Lipinski definition) is 3. The Hall–Kier alpha value is -0.900. The molecule has 0 bridgehead atoms. The first-order chi connectivity index (χ1) is 7.63. The van der Waals surface area contributed by atoms with Gasteiger partial charge in [0, 0.05) is 18.5 Å². The normalized spacial score (nSPS) is 30.6. The van der Waals surface area contributed by atoms with E-state index in [9.17, 15) is 0 Å². The van der Waals surface area contributed by atoms with Crippen LogP contribution < -0.4 is 5.73 Å². The molecule has 0 unspecified atom stereocenters. The maximum atomic E-state index is 6.45. The van der Waals surface area contributed by atoms with E-state index in [4.69, 9.17) is 5.73 Å². The van der Waals surface area contributed by atoms with E-state index in [0.29, 0.717) is 0 Å². The van der Waals surface area contributed by atoms with Crippen LogP contribution in [0.5, 0.6) is 0 Å². The fraction of sp³-hybridized carbons (Fsp3) is 0.833. The quantitative estimate of drug-likeness (QED) is 0.847. The number of nitrogens with zero attached hydrogens (tertiary/aromatic N) is 3. The molecular weight excluding hydrogens is 200 g/mol. The monoisotopic (exact) mass is 222 g/mol. The third-order valence-electron chi connectivity index (χ3n) is 3.78. The van der Waals surface area contributed by atoms with E-state index in [-0.39, 0.29) is 5.54 Å². The van der Waals surface area contributed by atoms with E-state index < -0.39 is 0 Å². The van der Waals surface area contributed by atoms with Gasteiger partial charge in [-0.25, -0.2) is 4.98 Å². The predicted molar refractivity (Wildman–Crippen MR) is 64.0 cm³/mol. The molecule has 0 spiro atoms. The second-order valence-electron chi connectivity index (χ2n) is 5.21. The highest BCUT2D eigenvalue weighted by atomic mass is 15.3. The van der Waals surface area contributed by atoms with Crippen molar-refractivity contribution in [1.29, 1.82) is 0 Å². The largest absolute Gasteiger partial charge is 0.325 e. The molecule has 16 heavy (non-hydrogen) atoms. The van der Waals surface area contributed by atoms with Crippen molar-refractivity contribution < 1.29 is 0 Å². The van der Waals surface area contributed by atoms with Crippen LogP contribution in [-0.4, -0.2) is 20.3 Å². The third-order valence-corrected chi connectivity index (χ3v) is 3.78. The summed E-state index contributed by atoms with van der Waals surface area (Å²) in [6.07, 6.45) is 7.23. The van der Waals surface area contributed by atoms with Crippen molar-refractivity contribution in [1.82, 2.24) is 14.8 Å². The van der Waals surface area contributed by atoms with Crippen LogP contribution in [0.2, 0.25) is 0 Å².